The summed E-state index contributed by atoms with van der Waals surface area (Å²) in [5.74, 6) is 1.41. The number of carbonyl (C=O) groups excluding carboxylic acids is 1. The molecule has 2 aromatic carbocycles. The molecule has 23 heavy (non-hydrogen) atoms. The lowest BCUT2D eigenvalue weighted by atomic mass is 10.3. The van der Waals surface area contributed by atoms with Gasteiger partial charge in [0.25, 0.3) is 0 Å². The molecule has 1 unspecified atom stereocenters. The summed E-state index contributed by atoms with van der Waals surface area (Å²) in [5.41, 5.74) is 1.44. The minimum atomic E-state index is 0.0438. The van der Waals surface area contributed by atoms with Crippen LogP contribution in [0.3, 0.4) is 0 Å². The normalized spacial score (nSPS) is 16.3. The number of aldehydes is 1. The molecule has 1 atom stereocenters. The van der Waals surface area contributed by atoms with Crippen molar-refractivity contribution in [1.29, 1.82) is 0 Å². The van der Waals surface area contributed by atoms with Crippen LogP contribution in [0.1, 0.15) is 0 Å². The maximum atomic E-state index is 10.2. The van der Waals surface area contributed by atoms with Crippen LogP contribution in [0.5, 0.6) is 11.5 Å². The molecule has 0 radical (unpaired) electrons. The van der Waals surface area contributed by atoms with E-state index in [2.05, 4.69) is 10.2 Å². The van der Waals surface area contributed by atoms with Gasteiger partial charge >= 0.3 is 0 Å². The second-order valence-electron chi connectivity index (χ2n) is 4.93. The van der Waals surface area contributed by atoms with Gasteiger partial charge in [0.05, 0.1) is 18.0 Å². The standard InChI is InChI=1S/C17H16N2O4/c20-9-10-21-15-5-1-13(2-6-15)18-19-14-3-7-16(8-4-14)22-11-17-12-23-17/h1-9,17H,10-12H2. The number of nitrogens with zero attached hydrogens (tertiary/aromatic N) is 2. The number of ether oxygens (including phenoxy) is 3. The quantitative estimate of drug-likeness (QED) is 0.425. The maximum absolute atomic E-state index is 10.2. The Bertz CT molecular complexity index is 664. The molecule has 0 saturated carbocycles. The van der Waals surface area contributed by atoms with Gasteiger partial charge in [-0.05, 0) is 48.5 Å². The lowest BCUT2D eigenvalue weighted by molar-refractivity contribution is -0.109. The number of benzene rings is 2. The molecule has 0 spiro atoms. The van der Waals surface area contributed by atoms with Crippen molar-refractivity contribution in [3.05, 3.63) is 48.5 Å². The van der Waals surface area contributed by atoms with Crippen LogP contribution in [-0.4, -0.2) is 32.2 Å². The van der Waals surface area contributed by atoms with Crippen molar-refractivity contribution in [2.45, 2.75) is 6.10 Å². The van der Waals surface area contributed by atoms with Gasteiger partial charge in [0.2, 0.25) is 0 Å². The molecule has 3 rings (SSSR count). The van der Waals surface area contributed by atoms with E-state index in [1.165, 1.54) is 0 Å². The van der Waals surface area contributed by atoms with E-state index >= 15 is 0 Å². The van der Waals surface area contributed by atoms with Gasteiger partial charge in [0.15, 0.2) is 6.29 Å². The van der Waals surface area contributed by atoms with E-state index in [0.717, 1.165) is 18.0 Å². The molecule has 0 aliphatic carbocycles. The molecule has 1 aliphatic rings. The predicted molar refractivity (Wildman–Crippen MR) is 83.9 cm³/mol. The van der Waals surface area contributed by atoms with E-state index in [1.54, 1.807) is 24.3 Å². The Kier molecular flexibility index (Phi) is 4.95. The van der Waals surface area contributed by atoms with Gasteiger partial charge in [-0.3, -0.25) is 4.79 Å². The van der Waals surface area contributed by atoms with Crippen molar-refractivity contribution in [2.24, 2.45) is 10.2 Å². The van der Waals surface area contributed by atoms with Gasteiger partial charge < -0.3 is 14.2 Å². The first kappa shape index (κ1) is 15.2. The second-order valence-corrected chi connectivity index (χ2v) is 4.93. The zero-order chi connectivity index (χ0) is 15.9. The van der Waals surface area contributed by atoms with E-state index in [1.807, 2.05) is 24.3 Å². The van der Waals surface area contributed by atoms with Crippen LogP contribution in [0.4, 0.5) is 11.4 Å². The molecule has 0 amide bonds. The molecular formula is C17H16N2O4. The Morgan fingerprint density at radius 2 is 1.48 bits per heavy atom. The largest absolute Gasteiger partial charge is 0.491 e. The average Bonchev–Trinajstić information content (AvgIpc) is 3.42. The van der Waals surface area contributed by atoms with Gasteiger partial charge in [0.1, 0.15) is 30.8 Å². The third kappa shape index (κ3) is 4.89. The van der Waals surface area contributed by atoms with E-state index < -0.39 is 0 Å². The minimum Gasteiger partial charge on any atom is -0.491 e. The lowest BCUT2D eigenvalue weighted by Crippen LogP contribution is -2.03. The first-order chi connectivity index (χ1) is 11.3. The lowest BCUT2D eigenvalue weighted by Gasteiger charge is -2.03. The predicted octanol–water partition coefficient (Wildman–Crippen LogP) is 3.46. The van der Waals surface area contributed by atoms with E-state index in [9.17, 15) is 4.79 Å². The van der Waals surface area contributed by atoms with Crippen molar-refractivity contribution in [2.75, 3.05) is 19.8 Å². The first-order valence-electron chi connectivity index (χ1n) is 7.26. The van der Waals surface area contributed by atoms with Crippen molar-refractivity contribution >= 4 is 17.7 Å². The molecular weight excluding hydrogens is 296 g/mol. The summed E-state index contributed by atoms with van der Waals surface area (Å²) in [6, 6.07) is 14.4. The average molecular weight is 312 g/mol. The smallest absolute Gasteiger partial charge is 0.157 e. The Hall–Kier alpha value is -2.73. The van der Waals surface area contributed by atoms with Gasteiger partial charge in [-0.15, -0.1) is 0 Å². The van der Waals surface area contributed by atoms with Gasteiger partial charge in [-0.25, -0.2) is 0 Å². The van der Waals surface area contributed by atoms with Crippen LogP contribution in [0.25, 0.3) is 0 Å². The number of hydrogen-bond acceptors (Lipinski definition) is 6. The fourth-order valence-corrected chi connectivity index (χ4v) is 1.82. The Labute approximate surface area is 133 Å². The van der Waals surface area contributed by atoms with Gasteiger partial charge in [0, 0.05) is 0 Å². The van der Waals surface area contributed by atoms with Crippen LogP contribution in [0, 0.1) is 0 Å². The molecule has 1 aliphatic heterocycles. The molecule has 0 N–H and O–H groups in total. The fourth-order valence-electron chi connectivity index (χ4n) is 1.82. The van der Waals surface area contributed by atoms with Crippen LogP contribution < -0.4 is 9.47 Å². The van der Waals surface area contributed by atoms with Gasteiger partial charge in [-0.1, -0.05) is 0 Å². The molecule has 0 bridgehead atoms. The number of azo groups is 1. The number of carbonyl (C=O) groups is 1. The zero-order valence-electron chi connectivity index (χ0n) is 12.4. The Balaban J connectivity index is 1.54. The number of epoxide rings is 1. The highest BCUT2D eigenvalue weighted by atomic mass is 16.6. The summed E-state index contributed by atoms with van der Waals surface area (Å²) in [6.45, 7) is 1.41. The third-order valence-corrected chi connectivity index (χ3v) is 3.11. The summed E-state index contributed by atoms with van der Waals surface area (Å²) in [6.07, 6.45) is 0.950. The van der Waals surface area contributed by atoms with Crippen LogP contribution in [0.2, 0.25) is 0 Å². The summed E-state index contributed by atoms with van der Waals surface area (Å²) < 4.78 is 15.8. The van der Waals surface area contributed by atoms with E-state index in [-0.39, 0.29) is 12.7 Å². The molecule has 0 aromatic heterocycles. The molecule has 6 heteroatoms. The Morgan fingerprint density at radius 1 is 0.957 bits per heavy atom. The van der Waals surface area contributed by atoms with Crippen LogP contribution >= 0.6 is 0 Å². The summed E-state index contributed by atoms with van der Waals surface area (Å²) in [5, 5.41) is 8.32. The maximum Gasteiger partial charge on any atom is 0.157 e. The summed E-state index contributed by atoms with van der Waals surface area (Å²) in [4.78, 5) is 10.2. The van der Waals surface area contributed by atoms with Crippen molar-refractivity contribution in [3.63, 3.8) is 0 Å². The highest BCUT2D eigenvalue weighted by Gasteiger charge is 2.22. The summed E-state index contributed by atoms with van der Waals surface area (Å²) >= 11 is 0. The van der Waals surface area contributed by atoms with Crippen molar-refractivity contribution < 1.29 is 19.0 Å². The van der Waals surface area contributed by atoms with E-state index in [4.69, 9.17) is 14.2 Å². The number of rotatable bonds is 8. The highest BCUT2D eigenvalue weighted by Crippen LogP contribution is 2.23. The third-order valence-electron chi connectivity index (χ3n) is 3.11. The highest BCUT2D eigenvalue weighted by molar-refractivity contribution is 5.51. The molecule has 2 aromatic rings. The van der Waals surface area contributed by atoms with Gasteiger partial charge in [-0.2, -0.15) is 10.2 Å². The number of hydrogen-bond donors (Lipinski definition) is 0. The summed E-state index contributed by atoms with van der Waals surface area (Å²) in [7, 11) is 0. The van der Waals surface area contributed by atoms with Crippen LogP contribution in [-0.2, 0) is 9.53 Å². The minimum absolute atomic E-state index is 0.0438. The Morgan fingerprint density at radius 3 is 1.96 bits per heavy atom. The molecule has 118 valence electrons. The monoisotopic (exact) mass is 312 g/mol. The SMILES string of the molecule is O=CCOc1ccc(N=Nc2ccc(OCC3CO3)cc2)cc1. The van der Waals surface area contributed by atoms with Crippen molar-refractivity contribution in [3.8, 4) is 11.5 Å². The molecule has 1 heterocycles. The van der Waals surface area contributed by atoms with Crippen LogP contribution in [0.15, 0.2) is 58.8 Å². The van der Waals surface area contributed by atoms with E-state index in [0.29, 0.717) is 24.3 Å². The first-order valence-corrected chi connectivity index (χ1v) is 7.26. The molecule has 6 nitrogen and oxygen atoms in total. The molecule has 1 fully saturated rings. The second kappa shape index (κ2) is 7.51. The zero-order valence-corrected chi connectivity index (χ0v) is 12.4. The van der Waals surface area contributed by atoms with Crippen molar-refractivity contribution in [1.82, 2.24) is 0 Å². The molecule has 1 saturated heterocycles. The topological polar surface area (TPSA) is 72.8 Å². The fraction of sp³-hybridized carbons (Fsp3) is 0.235.